The van der Waals surface area contributed by atoms with E-state index in [-0.39, 0.29) is 0 Å². The summed E-state index contributed by atoms with van der Waals surface area (Å²) in [4.78, 5) is 16.6. The van der Waals surface area contributed by atoms with Gasteiger partial charge in [0, 0.05) is 48.9 Å². The van der Waals surface area contributed by atoms with Crippen molar-refractivity contribution in [2.24, 2.45) is 7.05 Å². The van der Waals surface area contributed by atoms with Crippen molar-refractivity contribution in [2.45, 2.75) is 19.8 Å². The van der Waals surface area contributed by atoms with Crippen LogP contribution in [0.3, 0.4) is 0 Å². The van der Waals surface area contributed by atoms with Gasteiger partial charge in [0.15, 0.2) is 0 Å². The normalized spacial score (nSPS) is 14.6. The number of nitrogens with zero attached hydrogens (tertiary/aromatic N) is 5. The Hall–Kier alpha value is -3.00. The van der Waals surface area contributed by atoms with Crippen molar-refractivity contribution in [3.05, 3.63) is 65.2 Å². The molecule has 1 aliphatic heterocycles. The van der Waals surface area contributed by atoms with Gasteiger partial charge in [-0.25, -0.2) is 15.0 Å². The van der Waals surface area contributed by atoms with E-state index < -0.39 is 0 Å². The smallest absolute Gasteiger partial charge is 0.134 e. The Morgan fingerprint density at radius 3 is 2.59 bits per heavy atom. The summed E-state index contributed by atoms with van der Waals surface area (Å²) in [6.45, 7) is 6.73. The maximum Gasteiger partial charge on any atom is 0.134 e. The topological polar surface area (TPSA) is 68.1 Å². The second-order valence-corrected chi connectivity index (χ2v) is 9.10. The number of aryl methyl sites for hydroxylation is 3. The van der Waals surface area contributed by atoms with E-state index in [1.165, 1.54) is 0 Å². The third kappa shape index (κ3) is 5.22. The van der Waals surface area contributed by atoms with E-state index in [1.807, 2.05) is 37.3 Å². The lowest BCUT2D eigenvalue weighted by atomic mass is 10.1. The molecule has 1 saturated heterocycles. The Morgan fingerprint density at radius 1 is 1.00 bits per heavy atom. The van der Waals surface area contributed by atoms with Crippen LogP contribution in [0.5, 0.6) is 0 Å². The van der Waals surface area contributed by atoms with E-state index in [4.69, 9.17) is 21.3 Å². The average molecular weight is 477 g/mol. The van der Waals surface area contributed by atoms with Gasteiger partial charge in [0.2, 0.25) is 0 Å². The fourth-order valence-electron chi connectivity index (χ4n) is 4.37. The standard InChI is InChI=1S/C26H29ClN6O/c1-18-28-23(17-25(29-18)30-21-8-6-20(27)7-9-21)19-5-10-22-24(16-19)32(2)26(31-22)4-3-11-33-12-14-34-15-13-33/h5-10,16-17H,3-4,11-15H2,1-2H3,(H,28,29,30). The van der Waals surface area contributed by atoms with Gasteiger partial charge in [0.1, 0.15) is 17.5 Å². The highest BCUT2D eigenvalue weighted by Crippen LogP contribution is 2.27. The number of anilines is 2. The summed E-state index contributed by atoms with van der Waals surface area (Å²) < 4.78 is 7.65. The highest BCUT2D eigenvalue weighted by atomic mass is 35.5. The number of hydrogen-bond donors (Lipinski definition) is 1. The van der Waals surface area contributed by atoms with Crippen LogP contribution in [0, 0.1) is 6.92 Å². The number of aromatic nitrogens is 4. The highest BCUT2D eigenvalue weighted by Gasteiger charge is 2.13. The van der Waals surface area contributed by atoms with Crippen molar-refractivity contribution in [3.8, 4) is 11.3 Å². The van der Waals surface area contributed by atoms with Crippen LogP contribution < -0.4 is 5.32 Å². The monoisotopic (exact) mass is 476 g/mol. The second-order valence-electron chi connectivity index (χ2n) is 8.67. The molecule has 2 aromatic heterocycles. The molecule has 5 rings (SSSR count). The van der Waals surface area contributed by atoms with Crippen LogP contribution in [-0.2, 0) is 18.2 Å². The largest absolute Gasteiger partial charge is 0.379 e. The van der Waals surface area contributed by atoms with E-state index in [9.17, 15) is 0 Å². The molecule has 1 aliphatic rings. The van der Waals surface area contributed by atoms with E-state index in [0.717, 1.165) is 85.3 Å². The minimum Gasteiger partial charge on any atom is -0.379 e. The predicted octanol–water partition coefficient (Wildman–Crippen LogP) is 5.00. The molecule has 0 radical (unpaired) electrons. The number of fused-ring (bicyclic) bond motifs is 1. The molecular formula is C26H29ClN6O. The summed E-state index contributed by atoms with van der Waals surface area (Å²) in [5, 5.41) is 4.05. The molecule has 2 aromatic carbocycles. The minimum atomic E-state index is 0.704. The zero-order chi connectivity index (χ0) is 23.5. The lowest BCUT2D eigenvalue weighted by molar-refractivity contribution is 0.0374. The predicted molar refractivity (Wildman–Crippen MR) is 137 cm³/mol. The fraction of sp³-hybridized carbons (Fsp3) is 0.346. The number of morpholine rings is 1. The molecule has 7 nitrogen and oxygen atoms in total. The lowest BCUT2D eigenvalue weighted by Crippen LogP contribution is -2.37. The maximum absolute atomic E-state index is 6.00. The van der Waals surface area contributed by atoms with E-state index in [1.54, 1.807) is 0 Å². The molecule has 8 heteroatoms. The molecular weight excluding hydrogens is 448 g/mol. The minimum absolute atomic E-state index is 0.704. The molecule has 0 atom stereocenters. The molecule has 0 unspecified atom stereocenters. The molecule has 176 valence electrons. The van der Waals surface area contributed by atoms with Crippen LogP contribution in [0.25, 0.3) is 22.3 Å². The number of imidazole rings is 1. The number of hydrogen-bond acceptors (Lipinski definition) is 6. The van der Waals surface area contributed by atoms with Crippen LogP contribution in [0.2, 0.25) is 5.02 Å². The van der Waals surface area contributed by atoms with Crippen LogP contribution in [0.1, 0.15) is 18.1 Å². The van der Waals surface area contributed by atoms with Crippen molar-refractivity contribution in [1.82, 2.24) is 24.4 Å². The zero-order valence-corrected chi connectivity index (χ0v) is 20.3. The van der Waals surface area contributed by atoms with E-state index >= 15 is 0 Å². The molecule has 0 aliphatic carbocycles. The summed E-state index contributed by atoms with van der Waals surface area (Å²) in [5.74, 6) is 2.57. The number of benzene rings is 2. The SMILES string of the molecule is Cc1nc(Nc2ccc(Cl)cc2)cc(-c2ccc3nc(CCCN4CCOCC4)n(C)c3c2)n1. The van der Waals surface area contributed by atoms with Gasteiger partial charge in [0.25, 0.3) is 0 Å². The number of ether oxygens (including phenoxy) is 1. The number of halogens is 1. The molecule has 1 fully saturated rings. The summed E-state index contributed by atoms with van der Waals surface area (Å²) >= 11 is 6.00. The van der Waals surface area contributed by atoms with Crippen molar-refractivity contribution < 1.29 is 4.74 Å². The Bertz CT molecular complexity index is 1280. The lowest BCUT2D eigenvalue weighted by Gasteiger charge is -2.26. The van der Waals surface area contributed by atoms with Gasteiger partial charge < -0.3 is 14.6 Å². The van der Waals surface area contributed by atoms with Gasteiger partial charge in [-0.3, -0.25) is 4.90 Å². The summed E-state index contributed by atoms with van der Waals surface area (Å²) in [5.41, 5.74) is 4.97. The van der Waals surface area contributed by atoms with Crippen LogP contribution in [0.4, 0.5) is 11.5 Å². The summed E-state index contributed by atoms with van der Waals surface area (Å²) in [6, 6.07) is 15.9. The van der Waals surface area contributed by atoms with Gasteiger partial charge in [0.05, 0.1) is 29.9 Å². The van der Waals surface area contributed by atoms with Gasteiger partial charge in [-0.2, -0.15) is 0 Å². The molecule has 34 heavy (non-hydrogen) atoms. The molecule has 0 saturated carbocycles. The molecule has 0 bridgehead atoms. The van der Waals surface area contributed by atoms with Gasteiger partial charge in [-0.15, -0.1) is 0 Å². The van der Waals surface area contributed by atoms with Crippen molar-refractivity contribution in [1.29, 1.82) is 0 Å². The first-order valence-corrected chi connectivity index (χ1v) is 12.1. The van der Waals surface area contributed by atoms with Crippen molar-refractivity contribution in [3.63, 3.8) is 0 Å². The van der Waals surface area contributed by atoms with Crippen molar-refractivity contribution in [2.75, 3.05) is 38.2 Å². The Kier molecular flexibility index (Phi) is 6.76. The Morgan fingerprint density at radius 2 is 1.79 bits per heavy atom. The number of rotatable bonds is 7. The van der Waals surface area contributed by atoms with Gasteiger partial charge >= 0.3 is 0 Å². The average Bonchev–Trinajstić information content (AvgIpc) is 3.16. The quantitative estimate of drug-likeness (QED) is 0.405. The first-order valence-electron chi connectivity index (χ1n) is 11.7. The highest BCUT2D eigenvalue weighted by molar-refractivity contribution is 6.30. The molecule has 0 spiro atoms. The fourth-order valence-corrected chi connectivity index (χ4v) is 4.49. The van der Waals surface area contributed by atoms with Gasteiger partial charge in [-0.1, -0.05) is 17.7 Å². The van der Waals surface area contributed by atoms with Crippen LogP contribution in [-0.4, -0.2) is 57.3 Å². The maximum atomic E-state index is 6.00. The Labute approximate surface area is 204 Å². The Balaban J connectivity index is 1.35. The molecule has 4 aromatic rings. The van der Waals surface area contributed by atoms with Crippen molar-refractivity contribution >= 4 is 34.1 Å². The van der Waals surface area contributed by atoms with E-state index in [2.05, 4.69) is 50.0 Å². The summed E-state index contributed by atoms with van der Waals surface area (Å²) in [6.07, 6.45) is 2.05. The van der Waals surface area contributed by atoms with E-state index in [0.29, 0.717) is 10.8 Å². The molecule has 0 amide bonds. The number of nitrogens with one attached hydrogen (secondary N) is 1. The third-order valence-electron chi connectivity index (χ3n) is 6.20. The van der Waals surface area contributed by atoms with Crippen LogP contribution in [0.15, 0.2) is 48.5 Å². The first kappa shape index (κ1) is 22.8. The first-order chi connectivity index (χ1) is 16.5. The van der Waals surface area contributed by atoms with Gasteiger partial charge in [-0.05, 0) is 56.3 Å². The third-order valence-corrected chi connectivity index (χ3v) is 6.45. The summed E-state index contributed by atoms with van der Waals surface area (Å²) in [7, 11) is 2.10. The molecule has 3 heterocycles. The molecule has 1 N–H and O–H groups in total. The van der Waals surface area contributed by atoms with Crippen LogP contribution >= 0.6 is 11.6 Å². The second kappa shape index (κ2) is 10.1. The zero-order valence-electron chi connectivity index (χ0n) is 19.6.